The lowest BCUT2D eigenvalue weighted by Gasteiger charge is -1.96. The number of anilines is 1. The molecule has 10 nitrogen and oxygen atoms in total. The number of nitrogen functional groups attached to an aromatic ring is 1. The molecule has 0 bridgehead atoms. The van der Waals surface area contributed by atoms with Crippen LogP contribution in [-0.4, -0.2) is 37.5 Å². The highest BCUT2D eigenvalue weighted by atomic mass is 35.5. The molecule has 0 aliphatic carbocycles. The van der Waals surface area contributed by atoms with Crippen molar-refractivity contribution >= 4 is 40.1 Å². The fraction of sp³-hybridized carbons (Fsp3) is 0.200. The van der Waals surface area contributed by atoms with Crippen molar-refractivity contribution in [3.63, 3.8) is 0 Å². The van der Waals surface area contributed by atoms with Crippen LogP contribution in [0.2, 0.25) is 4.34 Å². The number of halogens is 1. The zero-order valence-electron chi connectivity index (χ0n) is 24.1. The monoisotopic (exact) mass is 637 g/mol. The van der Waals surface area contributed by atoms with Crippen LogP contribution in [0.4, 0.5) is 5.82 Å². The molecule has 6 N–H and O–H groups in total. The number of methoxy groups -OCH3 is 1. The van der Waals surface area contributed by atoms with E-state index < -0.39 is 0 Å². The van der Waals surface area contributed by atoms with Crippen LogP contribution in [-0.2, 0) is 12.8 Å². The fourth-order valence-electron chi connectivity index (χ4n) is 3.94. The Morgan fingerprint density at radius 2 is 1.53 bits per heavy atom. The summed E-state index contributed by atoms with van der Waals surface area (Å²) in [6.45, 7) is 5.90. The molecule has 224 valence electrons. The van der Waals surface area contributed by atoms with Crippen LogP contribution in [0, 0.1) is 20.8 Å². The summed E-state index contributed by atoms with van der Waals surface area (Å²) in [4.78, 5) is 31.2. The van der Waals surface area contributed by atoms with Gasteiger partial charge in [-0.15, -0.1) is 22.7 Å². The third kappa shape index (κ3) is 9.05. The van der Waals surface area contributed by atoms with Crippen LogP contribution in [0.3, 0.4) is 0 Å². The van der Waals surface area contributed by atoms with Gasteiger partial charge in [0.2, 0.25) is 0 Å². The SMILES string of the molecule is COc1ccc(C)s1.Cc1c[nH]c(=O)c(-c2cc(CCc3ccc(Cl)s3)[nH]n2)c1.Cc1c[nH]c(=O)c(-c2cc(N)n[nH]2)c1. The predicted molar refractivity (Wildman–Crippen MR) is 176 cm³/mol. The summed E-state index contributed by atoms with van der Waals surface area (Å²) in [7, 11) is 1.69. The average Bonchev–Trinajstić information content (AvgIpc) is 3.80. The molecule has 0 aliphatic rings. The number of H-pyrrole nitrogens is 4. The molecule has 0 unspecified atom stereocenters. The molecule has 0 fully saturated rings. The van der Waals surface area contributed by atoms with Crippen LogP contribution in [0.15, 0.2) is 70.5 Å². The smallest absolute Gasteiger partial charge is 0.257 e. The topological polar surface area (TPSA) is 158 Å². The molecular weight excluding hydrogens is 606 g/mol. The normalized spacial score (nSPS) is 10.4. The molecule has 0 spiro atoms. The zero-order valence-corrected chi connectivity index (χ0v) is 26.5. The number of aromatic amines is 4. The fourth-order valence-corrected chi connectivity index (χ4v) is 5.70. The molecule has 0 atom stereocenters. The van der Waals surface area contributed by atoms with Crippen molar-refractivity contribution in [3.8, 4) is 27.6 Å². The summed E-state index contributed by atoms with van der Waals surface area (Å²) < 4.78 is 5.76. The van der Waals surface area contributed by atoms with Crippen LogP contribution in [0.1, 0.15) is 26.6 Å². The lowest BCUT2D eigenvalue weighted by Crippen LogP contribution is -2.08. The number of rotatable bonds is 6. The number of nitrogens with two attached hydrogens (primary N) is 1. The lowest BCUT2D eigenvalue weighted by atomic mass is 10.1. The first kappa shape index (κ1) is 31.5. The van der Waals surface area contributed by atoms with Crippen LogP contribution in [0.5, 0.6) is 5.06 Å². The number of hydrogen-bond donors (Lipinski definition) is 5. The minimum absolute atomic E-state index is 0.122. The zero-order chi connectivity index (χ0) is 30.9. The number of ether oxygens (including phenoxy) is 1. The van der Waals surface area contributed by atoms with Crippen LogP contribution < -0.4 is 21.6 Å². The second-order valence-electron chi connectivity index (χ2n) is 9.60. The quantitative estimate of drug-likeness (QED) is 0.144. The standard InChI is InChI=1S/C15H14ClN3OS.C9H10N4O.C6H8OS/c1-9-6-12(15(20)17-8-9)13-7-10(18-19-13)2-3-11-4-5-14(16)21-11;1-5-2-6(9(14)11-4-5)7-3-8(10)13-12-7;1-5-3-4-6(7-2)8-5/h4-8H,2-3H2,1H3,(H,17,20)(H,18,19);2-4H,1H3,(H,11,14)(H3,10,12,13);3-4H,1-2H3. The van der Waals surface area contributed by atoms with Crippen molar-refractivity contribution in [2.75, 3.05) is 12.8 Å². The third-order valence-corrected chi connectivity index (χ3v) is 8.33. The van der Waals surface area contributed by atoms with Gasteiger partial charge in [0.05, 0.1) is 34.0 Å². The first-order valence-corrected chi connectivity index (χ1v) is 15.2. The molecule has 0 saturated carbocycles. The van der Waals surface area contributed by atoms with Crippen molar-refractivity contribution in [3.05, 3.63) is 113 Å². The summed E-state index contributed by atoms with van der Waals surface area (Å²) >= 11 is 9.17. The Balaban J connectivity index is 0.000000165. The molecule has 6 rings (SSSR count). The second kappa shape index (κ2) is 14.7. The summed E-state index contributed by atoms with van der Waals surface area (Å²) in [5.74, 6) is 0.376. The van der Waals surface area contributed by atoms with Crippen molar-refractivity contribution in [1.29, 1.82) is 0 Å². The van der Waals surface area contributed by atoms with Gasteiger partial charge in [-0.05, 0) is 87.2 Å². The maximum absolute atomic E-state index is 11.8. The highest BCUT2D eigenvalue weighted by molar-refractivity contribution is 7.16. The molecule has 0 aromatic carbocycles. The molecule has 0 aliphatic heterocycles. The van der Waals surface area contributed by atoms with Gasteiger partial charge < -0.3 is 20.4 Å². The Kier molecular flexibility index (Phi) is 10.8. The van der Waals surface area contributed by atoms with Crippen molar-refractivity contribution in [2.24, 2.45) is 0 Å². The molecule has 13 heteroatoms. The average molecular weight is 638 g/mol. The predicted octanol–water partition coefficient (Wildman–Crippen LogP) is 6.29. The maximum atomic E-state index is 11.8. The molecule has 0 radical (unpaired) electrons. The van der Waals surface area contributed by atoms with Gasteiger partial charge in [0.1, 0.15) is 5.82 Å². The molecule has 6 aromatic heterocycles. The highest BCUT2D eigenvalue weighted by Gasteiger charge is 2.09. The van der Waals surface area contributed by atoms with Crippen molar-refractivity contribution in [2.45, 2.75) is 33.6 Å². The summed E-state index contributed by atoms with van der Waals surface area (Å²) in [5, 5.41) is 14.7. The van der Waals surface area contributed by atoms with E-state index in [4.69, 9.17) is 22.1 Å². The Bertz CT molecular complexity index is 1900. The molecule has 43 heavy (non-hydrogen) atoms. The second-order valence-corrected chi connectivity index (χ2v) is 12.6. The van der Waals surface area contributed by atoms with Crippen LogP contribution >= 0.6 is 34.3 Å². The number of hydrogen-bond acceptors (Lipinski definition) is 8. The van der Waals surface area contributed by atoms with Gasteiger partial charge in [-0.3, -0.25) is 19.8 Å². The van der Waals surface area contributed by atoms with E-state index in [1.54, 1.807) is 54.3 Å². The van der Waals surface area contributed by atoms with Gasteiger partial charge >= 0.3 is 0 Å². The Hall–Kier alpha value is -4.39. The minimum atomic E-state index is -0.153. The van der Waals surface area contributed by atoms with E-state index >= 15 is 0 Å². The minimum Gasteiger partial charge on any atom is -0.487 e. The lowest BCUT2D eigenvalue weighted by molar-refractivity contribution is 0.427. The molecule has 6 aromatic rings. The third-order valence-electron chi connectivity index (χ3n) is 6.08. The Morgan fingerprint density at radius 1 is 0.837 bits per heavy atom. The number of thiophene rings is 2. The van der Waals surface area contributed by atoms with E-state index in [9.17, 15) is 9.59 Å². The Morgan fingerprint density at radius 3 is 2.09 bits per heavy atom. The summed E-state index contributed by atoms with van der Waals surface area (Å²) in [5.41, 5.74) is 10.6. The first-order chi connectivity index (χ1) is 20.6. The Labute approximate surface area is 261 Å². The molecule has 0 amide bonds. The number of nitrogens with zero attached hydrogens (tertiary/aromatic N) is 2. The van der Waals surface area contributed by atoms with E-state index in [0.717, 1.165) is 39.1 Å². The number of pyridine rings is 2. The van der Waals surface area contributed by atoms with Crippen LogP contribution in [0.25, 0.3) is 22.5 Å². The highest BCUT2D eigenvalue weighted by Crippen LogP contribution is 2.24. The number of aromatic nitrogens is 6. The van der Waals surface area contributed by atoms with Gasteiger partial charge in [0, 0.05) is 33.9 Å². The summed E-state index contributed by atoms with van der Waals surface area (Å²) in [6.07, 6.45) is 5.10. The van der Waals surface area contributed by atoms with E-state index in [0.29, 0.717) is 28.3 Å². The summed E-state index contributed by atoms with van der Waals surface area (Å²) in [6, 6.07) is 15.2. The van der Waals surface area contributed by atoms with Crippen molar-refractivity contribution < 1.29 is 4.74 Å². The van der Waals surface area contributed by atoms with Gasteiger partial charge in [-0.2, -0.15) is 10.2 Å². The van der Waals surface area contributed by atoms with E-state index in [2.05, 4.69) is 37.3 Å². The van der Waals surface area contributed by atoms with Gasteiger partial charge in [0.15, 0.2) is 5.06 Å². The van der Waals surface area contributed by atoms with E-state index in [1.807, 2.05) is 50.2 Å². The van der Waals surface area contributed by atoms with Gasteiger partial charge in [-0.1, -0.05) is 11.6 Å². The largest absolute Gasteiger partial charge is 0.487 e. The van der Waals surface area contributed by atoms with E-state index in [1.165, 1.54) is 9.75 Å². The number of nitrogens with one attached hydrogen (secondary N) is 4. The van der Waals surface area contributed by atoms with Crippen molar-refractivity contribution in [1.82, 2.24) is 30.4 Å². The maximum Gasteiger partial charge on any atom is 0.257 e. The molecular formula is C30H32ClN7O3S2. The number of aryl methyl sites for hydroxylation is 5. The van der Waals surface area contributed by atoms with Gasteiger partial charge in [0.25, 0.3) is 11.1 Å². The van der Waals surface area contributed by atoms with Gasteiger partial charge in [-0.25, -0.2) is 0 Å². The van der Waals surface area contributed by atoms with E-state index in [-0.39, 0.29) is 11.1 Å². The molecule has 6 heterocycles. The first-order valence-electron chi connectivity index (χ1n) is 13.2. The molecule has 0 saturated heterocycles.